The standard InChI is InChI=1S/C13H26N2O2/c1-3-11(6-9-16)10-14-12(17)13(2)7-4-5-8-15-13/h11,15-16H,3-10H2,1-2H3,(H,14,17). The van der Waals surface area contributed by atoms with Gasteiger partial charge in [0, 0.05) is 13.2 Å². The summed E-state index contributed by atoms with van der Waals surface area (Å²) < 4.78 is 0. The number of carbonyl (C=O) groups excluding carboxylic acids is 1. The summed E-state index contributed by atoms with van der Waals surface area (Å²) in [4.78, 5) is 12.1. The molecule has 0 spiro atoms. The van der Waals surface area contributed by atoms with Gasteiger partial charge in [-0.05, 0) is 45.1 Å². The summed E-state index contributed by atoms with van der Waals surface area (Å²) in [5.41, 5.74) is -0.393. The molecule has 4 heteroatoms. The lowest BCUT2D eigenvalue weighted by molar-refractivity contribution is -0.128. The third-order valence-electron chi connectivity index (χ3n) is 3.79. The van der Waals surface area contributed by atoms with Gasteiger partial charge in [-0.3, -0.25) is 4.79 Å². The maximum Gasteiger partial charge on any atom is 0.240 e. The zero-order valence-electron chi connectivity index (χ0n) is 11.1. The van der Waals surface area contributed by atoms with E-state index >= 15 is 0 Å². The second kappa shape index (κ2) is 6.97. The van der Waals surface area contributed by atoms with Crippen molar-refractivity contribution in [2.75, 3.05) is 19.7 Å². The number of amides is 1. The molecule has 3 N–H and O–H groups in total. The highest BCUT2D eigenvalue weighted by Gasteiger charge is 2.34. The van der Waals surface area contributed by atoms with E-state index in [-0.39, 0.29) is 12.5 Å². The molecule has 0 aromatic rings. The van der Waals surface area contributed by atoms with Gasteiger partial charge in [-0.15, -0.1) is 0 Å². The lowest BCUT2D eigenvalue weighted by atomic mass is 9.90. The van der Waals surface area contributed by atoms with Crippen molar-refractivity contribution >= 4 is 5.91 Å². The largest absolute Gasteiger partial charge is 0.396 e. The van der Waals surface area contributed by atoms with Gasteiger partial charge in [0.15, 0.2) is 0 Å². The Morgan fingerprint density at radius 1 is 1.53 bits per heavy atom. The van der Waals surface area contributed by atoms with Gasteiger partial charge in [-0.2, -0.15) is 0 Å². The van der Waals surface area contributed by atoms with E-state index < -0.39 is 5.54 Å². The number of hydrogen-bond donors (Lipinski definition) is 3. The quantitative estimate of drug-likeness (QED) is 0.652. The summed E-state index contributed by atoms with van der Waals surface area (Å²) in [7, 11) is 0. The molecule has 1 rings (SSSR count). The molecule has 2 atom stereocenters. The molecule has 100 valence electrons. The van der Waals surface area contributed by atoms with Gasteiger partial charge in [-0.25, -0.2) is 0 Å². The van der Waals surface area contributed by atoms with Crippen LogP contribution < -0.4 is 10.6 Å². The van der Waals surface area contributed by atoms with Gasteiger partial charge < -0.3 is 15.7 Å². The third kappa shape index (κ3) is 4.28. The zero-order valence-corrected chi connectivity index (χ0v) is 11.1. The Kier molecular flexibility index (Phi) is 5.92. The van der Waals surface area contributed by atoms with E-state index in [2.05, 4.69) is 17.6 Å². The number of hydrogen-bond acceptors (Lipinski definition) is 3. The topological polar surface area (TPSA) is 61.4 Å². The first kappa shape index (κ1) is 14.5. The Morgan fingerprint density at radius 2 is 2.29 bits per heavy atom. The molecule has 1 fully saturated rings. The summed E-state index contributed by atoms with van der Waals surface area (Å²) in [6.07, 6.45) is 4.94. The Morgan fingerprint density at radius 3 is 2.82 bits per heavy atom. The van der Waals surface area contributed by atoms with E-state index in [1.807, 2.05) is 6.92 Å². The highest BCUT2D eigenvalue weighted by Crippen LogP contribution is 2.19. The van der Waals surface area contributed by atoms with E-state index in [9.17, 15) is 4.79 Å². The van der Waals surface area contributed by atoms with Crippen LogP contribution in [-0.2, 0) is 4.79 Å². The van der Waals surface area contributed by atoms with Crippen molar-refractivity contribution in [2.24, 2.45) is 5.92 Å². The third-order valence-corrected chi connectivity index (χ3v) is 3.79. The monoisotopic (exact) mass is 242 g/mol. The molecule has 0 aliphatic carbocycles. The maximum absolute atomic E-state index is 12.1. The molecule has 0 saturated carbocycles. The van der Waals surface area contributed by atoms with Crippen LogP contribution >= 0.6 is 0 Å². The van der Waals surface area contributed by atoms with Crippen LogP contribution in [0.25, 0.3) is 0 Å². The van der Waals surface area contributed by atoms with Gasteiger partial charge in [0.1, 0.15) is 0 Å². The smallest absolute Gasteiger partial charge is 0.240 e. The van der Waals surface area contributed by atoms with Crippen molar-refractivity contribution in [1.29, 1.82) is 0 Å². The fraction of sp³-hybridized carbons (Fsp3) is 0.923. The maximum atomic E-state index is 12.1. The summed E-state index contributed by atoms with van der Waals surface area (Å²) >= 11 is 0. The second-order valence-electron chi connectivity index (χ2n) is 5.21. The van der Waals surface area contributed by atoms with Crippen LogP contribution in [0.15, 0.2) is 0 Å². The highest BCUT2D eigenvalue weighted by molar-refractivity contribution is 5.85. The summed E-state index contributed by atoms with van der Waals surface area (Å²) in [5.74, 6) is 0.490. The van der Waals surface area contributed by atoms with Crippen LogP contribution in [0.4, 0.5) is 0 Å². The van der Waals surface area contributed by atoms with Crippen molar-refractivity contribution in [1.82, 2.24) is 10.6 Å². The van der Waals surface area contributed by atoms with Crippen molar-refractivity contribution in [2.45, 2.75) is 51.5 Å². The Hall–Kier alpha value is -0.610. The van der Waals surface area contributed by atoms with Gasteiger partial charge >= 0.3 is 0 Å². The minimum atomic E-state index is -0.393. The molecule has 1 amide bonds. The van der Waals surface area contributed by atoms with E-state index in [0.29, 0.717) is 12.5 Å². The molecule has 2 unspecified atom stereocenters. The lowest BCUT2D eigenvalue weighted by Crippen LogP contribution is -2.57. The second-order valence-corrected chi connectivity index (χ2v) is 5.21. The predicted molar refractivity (Wildman–Crippen MR) is 68.8 cm³/mol. The minimum Gasteiger partial charge on any atom is -0.396 e. The van der Waals surface area contributed by atoms with Crippen molar-refractivity contribution in [3.8, 4) is 0 Å². The molecule has 0 aromatic heterocycles. The fourth-order valence-corrected chi connectivity index (χ4v) is 2.32. The van der Waals surface area contributed by atoms with Crippen molar-refractivity contribution in [3.63, 3.8) is 0 Å². The van der Waals surface area contributed by atoms with Crippen LogP contribution in [0.1, 0.15) is 46.0 Å². The van der Waals surface area contributed by atoms with E-state index in [4.69, 9.17) is 5.11 Å². The Balaban J connectivity index is 2.37. The summed E-state index contributed by atoms with van der Waals surface area (Å²) in [6, 6.07) is 0. The molecule has 0 aromatic carbocycles. The molecule has 1 heterocycles. The average molecular weight is 242 g/mol. The molecular formula is C13H26N2O2. The molecule has 1 saturated heterocycles. The number of nitrogens with one attached hydrogen (secondary N) is 2. The minimum absolute atomic E-state index is 0.105. The predicted octanol–water partition coefficient (Wildman–Crippen LogP) is 1.04. The van der Waals surface area contributed by atoms with Gasteiger partial charge in [0.05, 0.1) is 5.54 Å². The molecule has 17 heavy (non-hydrogen) atoms. The summed E-state index contributed by atoms with van der Waals surface area (Å²) in [5, 5.41) is 15.2. The lowest BCUT2D eigenvalue weighted by Gasteiger charge is -2.34. The van der Waals surface area contributed by atoms with Crippen molar-refractivity contribution in [3.05, 3.63) is 0 Å². The first-order valence-corrected chi connectivity index (χ1v) is 6.76. The van der Waals surface area contributed by atoms with Crippen LogP contribution in [0.2, 0.25) is 0 Å². The van der Waals surface area contributed by atoms with Crippen LogP contribution in [-0.4, -0.2) is 36.2 Å². The first-order valence-electron chi connectivity index (χ1n) is 6.76. The Bertz CT molecular complexity index is 238. The molecule has 0 radical (unpaired) electrons. The first-order chi connectivity index (χ1) is 8.12. The molecule has 0 bridgehead atoms. The van der Waals surface area contributed by atoms with Crippen molar-refractivity contribution < 1.29 is 9.90 Å². The van der Waals surface area contributed by atoms with E-state index in [1.54, 1.807) is 0 Å². The van der Waals surface area contributed by atoms with Crippen LogP contribution in [0.5, 0.6) is 0 Å². The van der Waals surface area contributed by atoms with E-state index in [1.165, 1.54) is 0 Å². The zero-order chi connectivity index (χ0) is 12.7. The fourth-order valence-electron chi connectivity index (χ4n) is 2.32. The number of aliphatic hydroxyl groups is 1. The van der Waals surface area contributed by atoms with Crippen LogP contribution in [0.3, 0.4) is 0 Å². The molecular weight excluding hydrogens is 216 g/mol. The molecule has 1 aliphatic heterocycles. The van der Waals surface area contributed by atoms with E-state index in [0.717, 1.165) is 38.6 Å². The number of aliphatic hydroxyl groups excluding tert-OH is 1. The average Bonchev–Trinajstić information content (AvgIpc) is 2.35. The molecule has 4 nitrogen and oxygen atoms in total. The van der Waals surface area contributed by atoms with Crippen LogP contribution in [0, 0.1) is 5.92 Å². The SMILES string of the molecule is CCC(CCO)CNC(=O)C1(C)CCCCN1. The molecule has 1 aliphatic rings. The normalized spacial score (nSPS) is 26.5. The summed E-state index contributed by atoms with van der Waals surface area (Å²) in [6.45, 7) is 5.87. The number of piperidine rings is 1. The number of rotatable bonds is 6. The Labute approximate surface area is 104 Å². The highest BCUT2D eigenvalue weighted by atomic mass is 16.3. The number of carbonyl (C=O) groups is 1. The van der Waals surface area contributed by atoms with Gasteiger partial charge in [0.2, 0.25) is 5.91 Å². The van der Waals surface area contributed by atoms with Gasteiger partial charge in [0.25, 0.3) is 0 Å². The van der Waals surface area contributed by atoms with Gasteiger partial charge in [-0.1, -0.05) is 13.3 Å².